The predicted molar refractivity (Wildman–Crippen MR) is 79.9 cm³/mol. The van der Waals surface area contributed by atoms with Crippen LogP contribution in [0.1, 0.15) is 25.8 Å². The zero-order valence-corrected chi connectivity index (χ0v) is 12.8. The molecule has 2 rings (SSSR count). The minimum atomic E-state index is -0.258. The zero-order chi connectivity index (χ0) is 14.0. The van der Waals surface area contributed by atoms with Gasteiger partial charge in [0.2, 0.25) is 0 Å². The van der Waals surface area contributed by atoms with E-state index in [4.69, 9.17) is 23.2 Å². The molecule has 1 aromatic carbocycles. The summed E-state index contributed by atoms with van der Waals surface area (Å²) in [4.78, 5) is 12.7. The van der Waals surface area contributed by atoms with E-state index in [0.717, 1.165) is 25.1 Å². The van der Waals surface area contributed by atoms with Gasteiger partial charge in [0, 0.05) is 18.4 Å². The molecule has 1 aliphatic heterocycles. The minimum Gasteiger partial charge on any atom is -0.316 e. The van der Waals surface area contributed by atoms with E-state index in [-0.39, 0.29) is 11.2 Å². The van der Waals surface area contributed by atoms with Gasteiger partial charge in [0.1, 0.15) is 5.78 Å². The Bertz CT molecular complexity index is 479. The Morgan fingerprint density at radius 3 is 2.74 bits per heavy atom. The molecule has 104 valence electrons. The second-order valence-electron chi connectivity index (χ2n) is 5.55. The topological polar surface area (TPSA) is 29.1 Å². The molecule has 1 aromatic rings. The molecule has 0 spiro atoms. The largest absolute Gasteiger partial charge is 0.316 e. The van der Waals surface area contributed by atoms with Gasteiger partial charge >= 0.3 is 0 Å². The van der Waals surface area contributed by atoms with Crippen LogP contribution < -0.4 is 5.32 Å². The van der Waals surface area contributed by atoms with Crippen molar-refractivity contribution < 1.29 is 4.79 Å². The number of nitrogens with one attached hydrogen (secondary N) is 1. The number of rotatable bonds is 4. The maximum absolute atomic E-state index is 12.7. The van der Waals surface area contributed by atoms with E-state index in [1.165, 1.54) is 0 Å². The van der Waals surface area contributed by atoms with E-state index in [1.54, 1.807) is 6.07 Å². The van der Waals surface area contributed by atoms with Crippen LogP contribution in [-0.2, 0) is 11.2 Å². The van der Waals surface area contributed by atoms with Gasteiger partial charge in [-0.1, -0.05) is 49.2 Å². The third-order valence-corrected chi connectivity index (χ3v) is 5.09. The average molecular weight is 300 g/mol. The maximum Gasteiger partial charge on any atom is 0.145 e. The van der Waals surface area contributed by atoms with Gasteiger partial charge in [-0.15, -0.1) is 0 Å². The predicted octanol–water partition coefficient (Wildman–Crippen LogP) is 3.74. The Labute approximate surface area is 124 Å². The standard InChI is InChI=1S/C15H19Cl2NO/c1-10(2)15(6-7-18-9-15)13(19)8-11-4-3-5-12(16)14(11)17/h3-5,10,18H,6-9H2,1-2H3. The Balaban J connectivity index is 2.23. The first-order chi connectivity index (χ1) is 8.97. The molecule has 1 N–H and O–H groups in total. The van der Waals surface area contributed by atoms with Crippen molar-refractivity contribution in [3.63, 3.8) is 0 Å². The van der Waals surface area contributed by atoms with Crippen molar-refractivity contribution in [3.05, 3.63) is 33.8 Å². The molecule has 1 atom stereocenters. The van der Waals surface area contributed by atoms with Crippen LogP contribution in [0.15, 0.2) is 18.2 Å². The molecule has 4 heteroatoms. The van der Waals surface area contributed by atoms with Crippen LogP contribution in [0.25, 0.3) is 0 Å². The van der Waals surface area contributed by atoms with Gasteiger partial charge in [-0.05, 0) is 30.5 Å². The first-order valence-corrected chi connectivity index (χ1v) is 7.40. The molecule has 0 aromatic heterocycles. The van der Waals surface area contributed by atoms with Gasteiger partial charge in [0.25, 0.3) is 0 Å². The lowest BCUT2D eigenvalue weighted by Gasteiger charge is -2.31. The number of carbonyl (C=O) groups excluding carboxylic acids is 1. The monoisotopic (exact) mass is 299 g/mol. The second kappa shape index (κ2) is 5.82. The molecule has 19 heavy (non-hydrogen) atoms. The molecular weight excluding hydrogens is 281 g/mol. The fraction of sp³-hybridized carbons (Fsp3) is 0.533. The number of hydrogen-bond donors (Lipinski definition) is 1. The normalized spacial score (nSPS) is 23.0. The summed E-state index contributed by atoms with van der Waals surface area (Å²) in [5, 5.41) is 4.32. The van der Waals surface area contributed by atoms with Crippen molar-refractivity contribution in [1.82, 2.24) is 5.32 Å². The van der Waals surface area contributed by atoms with E-state index in [1.807, 2.05) is 12.1 Å². The van der Waals surface area contributed by atoms with Crippen LogP contribution in [0.3, 0.4) is 0 Å². The van der Waals surface area contributed by atoms with Crippen molar-refractivity contribution >= 4 is 29.0 Å². The summed E-state index contributed by atoms with van der Waals surface area (Å²) in [6.45, 7) is 5.91. The van der Waals surface area contributed by atoms with Gasteiger partial charge < -0.3 is 5.32 Å². The van der Waals surface area contributed by atoms with Gasteiger partial charge in [-0.25, -0.2) is 0 Å². The van der Waals surface area contributed by atoms with Crippen LogP contribution in [-0.4, -0.2) is 18.9 Å². The maximum atomic E-state index is 12.7. The van der Waals surface area contributed by atoms with Crippen LogP contribution in [0.4, 0.5) is 0 Å². The fourth-order valence-electron chi connectivity index (χ4n) is 2.80. The fourth-order valence-corrected chi connectivity index (χ4v) is 3.18. The van der Waals surface area contributed by atoms with E-state index >= 15 is 0 Å². The molecule has 0 saturated carbocycles. The van der Waals surface area contributed by atoms with Crippen LogP contribution in [0.5, 0.6) is 0 Å². The number of carbonyl (C=O) groups is 1. The average Bonchev–Trinajstić information content (AvgIpc) is 2.85. The second-order valence-corrected chi connectivity index (χ2v) is 6.34. The quantitative estimate of drug-likeness (QED) is 0.917. The smallest absolute Gasteiger partial charge is 0.145 e. The van der Waals surface area contributed by atoms with Crippen molar-refractivity contribution in [2.24, 2.45) is 11.3 Å². The molecule has 1 unspecified atom stereocenters. The molecular formula is C15H19Cl2NO. The molecule has 0 radical (unpaired) electrons. The summed E-state index contributed by atoms with van der Waals surface area (Å²) in [6, 6.07) is 5.46. The molecule has 1 saturated heterocycles. The summed E-state index contributed by atoms with van der Waals surface area (Å²) in [7, 11) is 0. The number of ketones is 1. The van der Waals surface area contributed by atoms with Crippen LogP contribution in [0.2, 0.25) is 10.0 Å². The van der Waals surface area contributed by atoms with Crippen molar-refractivity contribution in [2.45, 2.75) is 26.7 Å². The van der Waals surface area contributed by atoms with Gasteiger partial charge in [-0.3, -0.25) is 4.79 Å². The SMILES string of the molecule is CC(C)C1(C(=O)Cc2cccc(Cl)c2Cl)CCNC1. The Kier molecular flexibility index (Phi) is 4.54. The molecule has 1 fully saturated rings. The van der Waals surface area contributed by atoms with E-state index in [9.17, 15) is 4.79 Å². The Morgan fingerprint density at radius 2 is 2.16 bits per heavy atom. The molecule has 1 aliphatic rings. The van der Waals surface area contributed by atoms with E-state index in [0.29, 0.717) is 22.4 Å². The van der Waals surface area contributed by atoms with Crippen molar-refractivity contribution in [2.75, 3.05) is 13.1 Å². The van der Waals surface area contributed by atoms with Crippen LogP contribution in [0, 0.1) is 11.3 Å². The molecule has 0 bridgehead atoms. The van der Waals surface area contributed by atoms with E-state index < -0.39 is 0 Å². The summed E-state index contributed by atoms with van der Waals surface area (Å²) in [5.41, 5.74) is 0.567. The number of hydrogen-bond acceptors (Lipinski definition) is 2. The number of Topliss-reactive ketones (excluding diaryl/α,β-unsaturated/α-hetero) is 1. The summed E-state index contributed by atoms with van der Waals surface area (Å²) in [5.74, 6) is 0.588. The van der Waals surface area contributed by atoms with Crippen molar-refractivity contribution in [1.29, 1.82) is 0 Å². The first-order valence-electron chi connectivity index (χ1n) is 6.64. The minimum absolute atomic E-state index is 0.258. The Morgan fingerprint density at radius 1 is 1.42 bits per heavy atom. The zero-order valence-electron chi connectivity index (χ0n) is 11.3. The lowest BCUT2D eigenvalue weighted by Crippen LogP contribution is -2.39. The molecule has 2 nitrogen and oxygen atoms in total. The lowest BCUT2D eigenvalue weighted by atomic mass is 9.71. The molecule has 0 aliphatic carbocycles. The summed E-state index contributed by atoms with van der Waals surface area (Å²) < 4.78 is 0. The highest BCUT2D eigenvalue weighted by Crippen LogP contribution is 2.37. The molecule has 1 heterocycles. The highest BCUT2D eigenvalue weighted by Gasteiger charge is 2.43. The lowest BCUT2D eigenvalue weighted by molar-refractivity contribution is -0.129. The van der Waals surface area contributed by atoms with Gasteiger partial charge in [0.05, 0.1) is 10.0 Å². The summed E-state index contributed by atoms with van der Waals surface area (Å²) >= 11 is 12.2. The number of benzene rings is 1. The van der Waals surface area contributed by atoms with Gasteiger partial charge in [-0.2, -0.15) is 0 Å². The van der Waals surface area contributed by atoms with Gasteiger partial charge in [0.15, 0.2) is 0 Å². The Hall–Kier alpha value is -0.570. The highest BCUT2D eigenvalue weighted by molar-refractivity contribution is 6.42. The van der Waals surface area contributed by atoms with Crippen LogP contribution >= 0.6 is 23.2 Å². The number of halogens is 2. The van der Waals surface area contributed by atoms with E-state index in [2.05, 4.69) is 19.2 Å². The van der Waals surface area contributed by atoms with Crippen molar-refractivity contribution in [3.8, 4) is 0 Å². The molecule has 0 amide bonds. The third-order valence-electron chi connectivity index (χ3n) is 4.23. The summed E-state index contributed by atoms with van der Waals surface area (Å²) in [6.07, 6.45) is 1.26. The highest BCUT2D eigenvalue weighted by atomic mass is 35.5. The first kappa shape index (κ1) is 14.8. The third kappa shape index (κ3) is 2.81.